The Morgan fingerprint density at radius 1 is 1.05 bits per heavy atom. The fraction of sp³-hybridized carbons (Fsp3) is 0.357. The van der Waals surface area contributed by atoms with E-state index in [4.69, 9.17) is 4.74 Å². The normalized spacial score (nSPS) is 16.7. The lowest BCUT2D eigenvalue weighted by Gasteiger charge is -2.22. The van der Waals surface area contributed by atoms with Crippen molar-refractivity contribution in [1.29, 1.82) is 0 Å². The van der Waals surface area contributed by atoms with Gasteiger partial charge in [-0.2, -0.15) is 0 Å². The van der Waals surface area contributed by atoms with Gasteiger partial charge in [-0.15, -0.1) is 0 Å². The highest BCUT2D eigenvalue weighted by Crippen LogP contribution is 2.14. The first kappa shape index (κ1) is 27.4. The third kappa shape index (κ3) is 9.79. The molecule has 1 aromatic heterocycles. The minimum Gasteiger partial charge on any atom is -0.494 e. The van der Waals surface area contributed by atoms with Crippen LogP contribution in [0.5, 0.6) is 5.75 Å². The van der Waals surface area contributed by atoms with Crippen molar-refractivity contribution < 1.29 is 29.0 Å². The number of aromatic nitrogens is 1. The van der Waals surface area contributed by atoms with Gasteiger partial charge in [0.2, 0.25) is 11.8 Å². The number of fused-ring (bicyclic) bond motifs is 2. The predicted molar refractivity (Wildman–Crippen MR) is 137 cm³/mol. The Hall–Kier alpha value is -4.14. The van der Waals surface area contributed by atoms with E-state index >= 15 is 0 Å². The number of rotatable bonds is 8. The summed E-state index contributed by atoms with van der Waals surface area (Å²) in [7, 11) is 0. The standard InChI is InChI=1S/C28H33N3O6/c32-23-11-14-29-28(36)25(18-21-8-4-1-2-7-15-31(20-21)16-12-23)30-27(35)22(19-26(33)34)13-17-37-24-9-5-3-6-10-24/h1-10,15,20,22,25H,11-14,16-19H2,(H,29,36)(H,30,35)(H,33,34)/t22-,25?/m1/s1. The average molecular weight is 508 g/mol. The summed E-state index contributed by atoms with van der Waals surface area (Å²) in [5, 5.41) is 14.9. The number of carbonyl (C=O) groups is 4. The molecule has 2 amide bonds. The van der Waals surface area contributed by atoms with Crippen molar-refractivity contribution in [1.82, 2.24) is 15.2 Å². The van der Waals surface area contributed by atoms with Crippen molar-refractivity contribution >= 4 is 23.6 Å². The smallest absolute Gasteiger partial charge is 0.304 e. The van der Waals surface area contributed by atoms with Gasteiger partial charge in [0.1, 0.15) is 17.6 Å². The molecule has 0 saturated carbocycles. The Labute approximate surface area is 216 Å². The second kappa shape index (κ2) is 14.4. The SMILES string of the molecule is O=C(O)C[C@@H](CCOc1ccccc1)C(=O)NC1Cc2ccccccn(c2)CCC(=O)CCNC1=O. The number of carboxylic acid groups (broad SMARTS) is 1. The first-order valence-electron chi connectivity index (χ1n) is 12.4. The maximum atomic E-state index is 13.2. The fourth-order valence-corrected chi connectivity index (χ4v) is 3.96. The molecule has 0 saturated heterocycles. The number of hydrogen-bond acceptors (Lipinski definition) is 5. The van der Waals surface area contributed by atoms with Crippen LogP contribution in [0.1, 0.15) is 31.2 Å². The van der Waals surface area contributed by atoms with Crippen LogP contribution in [0.15, 0.2) is 73.1 Å². The zero-order chi connectivity index (χ0) is 26.5. The van der Waals surface area contributed by atoms with Gasteiger partial charge in [-0.3, -0.25) is 19.2 Å². The van der Waals surface area contributed by atoms with Crippen LogP contribution in [0.3, 0.4) is 0 Å². The molecule has 0 radical (unpaired) electrons. The Morgan fingerprint density at radius 3 is 2.57 bits per heavy atom. The van der Waals surface area contributed by atoms with E-state index in [1.165, 1.54) is 0 Å². The summed E-state index contributed by atoms with van der Waals surface area (Å²) in [5.74, 6) is -2.32. The molecule has 2 atom stereocenters. The number of nitrogens with one attached hydrogen (secondary N) is 2. The van der Waals surface area contributed by atoms with Crippen LogP contribution in [0.4, 0.5) is 0 Å². The van der Waals surface area contributed by atoms with Gasteiger partial charge >= 0.3 is 5.97 Å². The van der Waals surface area contributed by atoms with Crippen molar-refractivity contribution in [2.24, 2.45) is 5.92 Å². The second-order valence-electron chi connectivity index (χ2n) is 8.87. The quantitative estimate of drug-likeness (QED) is 0.504. The minimum absolute atomic E-state index is 0.0238. The highest BCUT2D eigenvalue weighted by Gasteiger charge is 2.28. The number of para-hydroxylation sites is 1. The van der Waals surface area contributed by atoms with Crippen LogP contribution in [0.2, 0.25) is 0 Å². The van der Waals surface area contributed by atoms with E-state index in [-0.39, 0.29) is 38.2 Å². The number of nitrogens with zero attached hydrogens (tertiary/aromatic N) is 1. The molecule has 0 aliphatic carbocycles. The van der Waals surface area contributed by atoms with Gasteiger partial charge in [-0.1, -0.05) is 42.5 Å². The highest BCUT2D eigenvalue weighted by atomic mass is 16.5. The summed E-state index contributed by atoms with van der Waals surface area (Å²) in [4.78, 5) is 49.9. The molecule has 0 fully saturated rings. The lowest BCUT2D eigenvalue weighted by molar-refractivity contribution is -0.141. The lowest BCUT2D eigenvalue weighted by Crippen LogP contribution is -2.50. The largest absolute Gasteiger partial charge is 0.494 e. The van der Waals surface area contributed by atoms with Crippen molar-refractivity contribution in [3.05, 3.63) is 78.6 Å². The molecule has 196 valence electrons. The van der Waals surface area contributed by atoms with E-state index in [0.29, 0.717) is 18.7 Å². The maximum absolute atomic E-state index is 13.2. The van der Waals surface area contributed by atoms with Crippen molar-refractivity contribution in [2.75, 3.05) is 13.2 Å². The third-order valence-corrected chi connectivity index (χ3v) is 5.95. The van der Waals surface area contributed by atoms with Crippen LogP contribution >= 0.6 is 0 Å². The summed E-state index contributed by atoms with van der Waals surface area (Å²) in [6, 6.07) is 17.4. The van der Waals surface area contributed by atoms with Crippen LogP contribution in [-0.2, 0) is 32.1 Å². The average Bonchev–Trinajstić information content (AvgIpc) is 2.98. The maximum Gasteiger partial charge on any atom is 0.304 e. The Bertz CT molecular complexity index is 1130. The molecule has 1 unspecified atom stereocenters. The summed E-state index contributed by atoms with van der Waals surface area (Å²) >= 11 is 0. The summed E-state index contributed by atoms with van der Waals surface area (Å²) in [6.07, 6.45) is 4.22. The van der Waals surface area contributed by atoms with Crippen LogP contribution < -0.4 is 15.4 Å². The molecule has 1 aliphatic rings. The Balaban J connectivity index is 1.79. The molecule has 2 aromatic rings. The Morgan fingerprint density at radius 2 is 1.78 bits per heavy atom. The molecule has 2 heterocycles. The van der Waals surface area contributed by atoms with E-state index in [1.54, 1.807) is 12.1 Å². The van der Waals surface area contributed by atoms with E-state index in [9.17, 15) is 24.3 Å². The van der Waals surface area contributed by atoms with E-state index in [0.717, 1.165) is 5.56 Å². The molecule has 1 aliphatic heterocycles. The number of carboxylic acids is 1. The summed E-state index contributed by atoms with van der Waals surface area (Å²) < 4.78 is 7.54. The molecular weight excluding hydrogens is 474 g/mol. The molecule has 1 aromatic carbocycles. The minimum atomic E-state index is -1.11. The van der Waals surface area contributed by atoms with Gasteiger partial charge in [-0.25, -0.2) is 0 Å². The zero-order valence-corrected chi connectivity index (χ0v) is 20.7. The van der Waals surface area contributed by atoms with Crippen LogP contribution in [0, 0.1) is 5.92 Å². The van der Waals surface area contributed by atoms with Gasteiger partial charge in [0.05, 0.1) is 18.9 Å². The summed E-state index contributed by atoms with van der Waals surface area (Å²) in [5.41, 5.74) is 0.770. The molecule has 9 heteroatoms. The topological polar surface area (TPSA) is 127 Å². The third-order valence-electron chi connectivity index (χ3n) is 5.95. The first-order valence-corrected chi connectivity index (χ1v) is 12.4. The van der Waals surface area contributed by atoms with Gasteiger partial charge in [-0.05, 0) is 30.2 Å². The van der Waals surface area contributed by atoms with Gasteiger partial charge < -0.3 is 25.0 Å². The number of ether oxygens (including phenoxy) is 1. The second-order valence-corrected chi connectivity index (χ2v) is 8.87. The highest BCUT2D eigenvalue weighted by molar-refractivity contribution is 5.90. The lowest BCUT2D eigenvalue weighted by atomic mass is 9.99. The predicted octanol–water partition coefficient (Wildman–Crippen LogP) is 2.68. The fourth-order valence-electron chi connectivity index (χ4n) is 3.96. The zero-order valence-electron chi connectivity index (χ0n) is 20.7. The molecular formula is C28H33N3O6. The van der Waals surface area contributed by atoms with Crippen LogP contribution in [-0.4, -0.2) is 52.4 Å². The van der Waals surface area contributed by atoms with Gasteiger partial charge in [0.25, 0.3) is 0 Å². The number of Topliss-reactive ketones (excluding diaryl/α,β-unsaturated/α-hetero) is 1. The molecule has 2 bridgehead atoms. The molecule has 9 nitrogen and oxygen atoms in total. The number of aryl methyl sites for hydroxylation is 1. The van der Waals surface area contributed by atoms with E-state index < -0.39 is 36.2 Å². The van der Waals surface area contributed by atoms with E-state index in [1.807, 2.05) is 65.5 Å². The monoisotopic (exact) mass is 507 g/mol. The molecule has 3 rings (SSSR count). The number of hydrogen-bond donors (Lipinski definition) is 3. The van der Waals surface area contributed by atoms with Crippen molar-refractivity contribution in [2.45, 2.75) is 44.7 Å². The van der Waals surface area contributed by atoms with Gasteiger partial charge in [0, 0.05) is 44.7 Å². The van der Waals surface area contributed by atoms with Crippen molar-refractivity contribution in [3.8, 4) is 5.75 Å². The van der Waals surface area contributed by atoms with Crippen molar-refractivity contribution in [3.63, 3.8) is 0 Å². The van der Waals surface area contributed by atoms with Crippen LogP contribution in [0.25, 0.3) is 0 Å². The molecule has 37 heavy (non-hydrogen) atoms. The summed E-state index contributed by atoms with van der Waals surface area (Å²) in [6.45, 7) is 0.809. The van der Waals surface area contributed by atoms with Gasteiger partial charge in [0.15, 0.2) is 0 Å². The Kier molecular flexibility index (Phi) is 10.7. The number of aliphatic carboxylic acids is 1. The first-order chi connectivity index (χ1) is 17.9. The molecule has 3 N–H and O–H groups in total. The number of carbonyl (C=O) groups excluding carboxylic acids is 3. The molecule has 0 spiro atoms. The van der Waals surface area contributed by atoms with E-state index in [2.05, 4.69) is 10.6 Å². The number of ketones is 1. The number of benzene rings is 1. The number of amides is 2.